The molecule has 5 heteroatoms. The minimum absolute atomic E-state index is 0.346. The molecular weight excluding hydrogens is 189 g/mol. The molecule has 0 spiro atoms. The van der Waals surface area contributed by atoms with Gasteiger partial charge in [0.05, 0.1) is 11.3 Å². The van der Waals surface area contributed by atoms with Crippen LogP contribution in [0.5, 0.6) is 5.75 Å². The van der Waals surface area contributed by atoms with Crippen LogP contribution in [0.1, 0.15) is 10.4 Å². The minimum atomic E-state index is -1.28. The number of carboxylic acid groups (broad SMARTS) is 1. The molecule has 14 heavy (non-hydrogen) atoms. The van der Waals surface area contributed by atoms with Crippen molar-refractivity contribution in [3.63, 3.8) is 0 Å². The molecule has 4 nitrogen and oxygen atoms in total. The number of hydrogen-bond donors (Lipinski definition) is 2. The molecule has 1 aliphatic rings. The van der Waals surface area contributed by atoms with E-state index in [1.54, 1.807) is 0 Å². The molecule has 0 saturated carbocycles. The quantitative estimate of drug-likeness (QED) is 0.713. The third-order valence-corrected chi connectivity index (χ3v) is 1.97. The van der Waals surface area contributed by atoms with Crippen LogP contribution < -0.4 is 10.1 Å². The summed E-state index contributed by atoms with van der Waals surface area (Å²) < 4.78 is 18.3. The Hall–Kier alpha value is -1.78. The summed E-state index contributed by atoms with van der Waals surface area (Å²) in [5, 5.41) is 11.6. The van der Waals surface area contributed by atoms with Gasteiger partial charge in [-0.2, -0.15) is 0 Å². The van der Waals surface area contributed by atoms with Gasteiger partial charge in [-0.15, -0.1) is 0 Å². The van der Waals surface area contributed by atoms with Crippen molar-refractivity contribution < 1.29 is 19.0 Å². The van der Waals surface area contributed by atoms with Gasteiger partial charge >= 0.3 is 5.97 Å². The lowest BCUT2D eigenvalue weighted by atomic mass is 10.1. The molecule has 74 valence electrons. The van der Waals surface area contributed by atoms with E-state index < -0.39 is 11.8 Å². The Labute approximate surface area is 79.3 Å². The van der Waals surface area contributed by atoms with Crippen LogP contribution in [0.3, 0.4) is 0 Å². The van der Waals surface area contributed by atoms with E-state index in [9.17, 15) is 9.18 Å². The highest BCUT2D eigenvalue weighted by Crippen LogP contribution is 2.29. The maximum absolute atomic E-state index is 13.1. The van der Waals surface area contributed by atoms with Gasteiger partial charge in [-0.1, -0.05) is 0 Å². The third kappa shape index (κ3) is 1.37. The van der Waals surface area contributed by atoms with Crippen LogP contribution in [0.4, 0.5) is 10.1 Å². The first-order chi connectivity index (χ1) is 6.68. The molecule has 1 aromatic rings. The fourth-order valence-electron chi connectivity index (χ4n) is 1.32. The standard InChI is InChI=1S/C9H8FNO3/c10-6-4-8-7(11-1-2-14-8)3-5(6)9(12)13/h3-4,11H,1-2H2,(H,12,13). The van der Waals surface area contributed by atoms with E-state index in [2.05, 4.69) is 5.32 Å². The number of aromatic carboxylic acids is 1. The van der Waals surface area contributed by atoms with Gasteiger partial charge in [0.2, 0.25) is 0 Å². The van der Waals surface area contributed by atoms with Crippen molar-refractivity contribution in [3.05, 3.63) is 23.5 Å². The second-order valence-electron chi connectivity index (χ2n) is 2.91. The van der Waals surface area contributed by atoms with Crippen LogP contribution in [0.15, 0.2) is 12.1 Å². The minimum Gasteiger partial charge on any atom is -0.489 e. The van der Waals surface area contributed by atoms with E-state index >= 15 is 0 Å². The van der Waals surface area contributed by atoms with E-state index in [1.807, 2.05) is 0 Å². The Kier molecular flexibility index (Phi) is 1.99. The van der Waals surface area contributed by atoms with Crippen molar-refractivity contribution in [1.29, 1.82) is 0 Å². The lowest BCUT2D eigenvalue weighted by Gasteiger charge is -2.19. The predicted octanol–water partition coefficient (Wildman–Crippen LogP) is 1.33. The molecule has 0 radical (unpaired) electrons. The van der Waals surface area contributed by atoms with E-state index in [-0.39, 0.29) is 5.56 Å². The smallest absolute Gasteiger partial charge is 0.338 e. The molecule has 0 fully saturated rings. The van der Waals surface area contributed by atoms with E-state index in [0.717, 1.165) is 6.07 Å². The van der Waals surface area contributed by atoms with E-state index in [0.29, 0.717) is 24.6 Å². The third-order valence-electron chi connectivity index (χ3n) is 1.97. The maximum atomic E-state index is 13.1. The number of fused-ring (bicyclic) bond motifs is 1. The van der Waals surface area contributed by atoms with Crippen molar-refractivity contribution in [1.82, 2.24) is 0 Å². The zero-order chi connectivity index (χ0) is 10.1. The highest BCUT2D eigenvalue weighted by molar-refractivity contribution is 5.90. The summed E-state index contributed by atoms with van der Waals surface area (Å²) in [5.74, 6) is -1.70. The van der Waals surface area contributed by atoms with Crippen LogP contribution in [0, 0.1) is 5.82 Å². The largest absolute Gasteiger partial charge is 0.489 e. The molecule has 0 saturated heterocycles. The fraction of sp³-hybridized carbons (Fsp3) is 0.222. The summed E-state index contributed by atoms with van der Waals surface area (Å²) in [6, 6.07) is 2.33. The number of rotatable bonds is 1. The molecule has 0 amide bonds. The lowest BCUT2D eigenvalue weighted by molar-refractivity contribution is 0.0692. The zero-order valence-corrected chi connectivity index (χ0v) is 7.21. The highest BCUT2D eigenvalue weighted by Gasteiger charge is 2.17. The molecule has 1 aromatic carbocycles. The van der Waals surface area contributed by atoms with Gasteiger partial charge in [0.15, 0.2) is 0 Å². The SMILES string of the molecule is O=C(O)c1cc2c(cc1F)OCCN2. The zero-order valence-electron chi connectivity index (χ0n) is 7.21. The van der Waals surface area contributed by atoms with E-state index in [1.165, 1.54) is 6.07 Å². The highest BCUT2D eigenvalue weighted by atomic mass is 19.1. The molecule has 0 aliphatic carbocycles. The topological polar surface area (TPSA) is 58.6 Å². The van der Waals surface area contributed by atoms with Crippen LogP contribution >= 0.6 is 0 Å². The molecule has 0 atom stereocenters. The van der Waals surface area contributed by atoms with Crippen LogP contribution in [0.2, 0.25) is 0 Å². The average Bonchev–Trinajstić information content (AvgIpc) is 2.16. The summed E-state index contributed by atoms with van der Waals surface area (Å²) in [7, 11) is 0. The van der Waals surface area contributed by atoms with Gasteiger partial charge in [0.1, 0.15) is 18.2 Å². The van der Waals surface area contributed by atoms with Crippen molar-refractivity contribution in [3.8, 4) is 5.75 Å². The molecule has 0 bridgehead atoms. The first-order valence-electron chi connectivity index (χ1n) is 4.12. The monoisotopic (exact) mass is 197 g/mol. The average molecular weight is 197 g/mol. The van der Waals surface area contributed by atoms with Crippen molar-refractivity contribution in [2.75, 3.05) is 18.5 Å². The predicted molar refractivity (Wildman–Crippen MR) is 47.3 cm³/mol. The van der Waals surface area contributed by atoms with Gasteiger partial charge in [-0.25, -0.2) is 9.18 Å². The second kappa shape index (κ2) is 3.17. The molecule has 2 rings (SSSR count). The Morgan fingerprint density at radius 1 is 1.57 bits per heavy atom. The van der Waals surface area contributed by atoms with Crippen LogP contribution in [0.25, 0.3) is 0 Å². The number of carboxylic acids is 1. The Bertz CT molecular complexity index is 392. The van der Waals surface area contributed by atoms with Crippen molar-refractivity contribution in [2.45, 2.75) is 0 Å². The summed E-state index contributed by atoms with van der Waals surface area (Å²) >= 11 is 0. The van der Waals surface area contributed by atoms with Crippen molar-refractivity contribution in [2.24, 2.45) is 0 Å². The van der Waals surface area contributed by atoms with Gasteiger partial charge in [-0.3, -0.25) is 0 Å². The number of nitrogens with one attached hydrogen (secondary N) is 1. The maximum Gasteiger partial charge on any atom is 0.338 e. The van der Waals surface area contributed by atoms with Gasteiger partial charge in [0.25, 0.3) is 0 Å². The Morgan fingerprint density at radius 2 is 2.36 bits per heavy atom. The Balaban J connectivity index is 2.50. The van der Waals surface area contributed by atoms with Gasteiger partial charge in [-0.05, 0) is 6.07 Å². The fourth-order valence-corrected chi connectivity index (χ4v) is 1.32. The first kappa shape index (κ1) is 8.80. The summed E-state index contributed by atoms with van der Waals surface area (Å²) in [6.45, 7) is 1.05. The first-order valence-corrected chi connectivity index (χ1v) is 4.12. The van der Waals surface area contributed by atoms with Gasteiger partial charge in [0, 0.05) is 12.6 Å². The number of hydrogen-bond acceptors (Lipinski definition) is 3. The number of carbonyl (C=O) groups is 1. The van der Waals surface area contributed by atoms with Crippen LogP contribution in [-0.4, -0.2) is 24.2 Å². The molecule has 1 aliphatic heterocycles. The van der Waals surface area contributed by atoms with Gasteiger partial charge < -0.3 is 15.2 Å². The number of benzene rings is 1. The molecule has 0 unspecified atom stereocenters. The number of anilines is 1. The second-order valence-corrected chi connectivity index (χ2v) is 2.91. The number of ether oxygens (including phenoxy) is 1. The lowest BCUT2D eigenvalue weighted by Crippen LogP contribution is -2.19. The van der Waals surface area contributed by atoms with Crippen LogP contribution in [-0.2, 0) is 0 Å². The molecular formula is C9H8FNO3. The molecule has 0 aromatic heterocycles. The normalized spacial score (nSPS) is 13.8. The summed E-state index contributed by atoms with van der Waals surface area (Å²) in [6.07, 6.45) is 0. The molecule has 1 heterocycles. The molecule has 2 N–H and O–H groups in total. The summed E-state index contributed by atoms with van der Waals surface area (Å²) in [4.78, 5) is 10.6. The number of halogens is 1. The Morgan fingerprint density at radius 3 is 3.07 bits per heavy atom. The summed E-state index contributed by atoms with van der Waals surface area (Å²) in [5.41, 5.74) is 0.178. The van der Waals surface area contributed by atoms with Crippen molar-refractivity contribution >= 4 is 11.7 Å². The van der Waals surface area contributed by atoms with E-state index in [4.69, 9.17) is 9.84 Å².